The minimum absolute atomic E-state index is 0.0297. The number of hydrogen-bond acceptors (Lipinski definition) is 3. The molecule has 0 aromatic heterocycles. The van der Waals surface area contributed by atoms with Crippen LogP contribution in [0.5, 0.6) is 11.5 Å². The van der Waals surface area contributed by atoms with Crippen LogP contribution in [0.15, 0.2) is 42.5 Å². The number of ether oxygens (including phenoxy) is 2. The predicted molar refractivity (Wildman–Crippen MR) is 86.3 cm³/mol. The molecular weight excluding hydrogens is 278 g/mol. The van der Waals surface area contributed by atoms with Crippen molar-refractivity contribution in [2.45, 2.75) is 19.9 Å². The van der Waals surface area contributed by atoms with Gasteiger partial charge in [-0.1, -0.05) is 30.3 Å². The Balaban J connectivity index is 1.94. The van der Waals surface area contributed by atoms with Crippen LogP contribution in [0, 0.1) is 6.92 Å². The quantitative estimate of drug-likeness (QED) is 0.892. The third kappa shape index (κ3) is 4.01. The van der Waals surface area contributed by atoms with Gasteiger partial charge in [0.1, 0.15) is 11.5 Å². The van der Waals surface area contributed by atoms with Gasteiger partial charge in [-0.2, -0.15) is 0 Å². The van der Waals surface area contributed by atoms with Gasteiger partial charge in [-0.3, -0.25) is 4.79 Å². The summed E-state index contributed by atoms with van der Waals surface area (Å²) < 4.78 is 10.5. The monoisotopic (exact) mass is 299 g/mol. The zero-order valence-corrected chi connectivity index (χ0v) is 13.2. The maximum absolute atomic E-state index is 12.1. The molecule has 0 radical (unpaired) electrons. The highest BCUT2D eigenvalue weighted by Gasteiger charge is 2.08. The Morgan fingerprint density at radius 1 is 1.05 bits per heavy atom. The third-order valence-electron chi connectivity index (χ3n) is 3.49. The lowest BCUT2D eigenvalue weighted by Gasteiger charge is -2.10. The van der Waals surface area contributed by atoms with Crippen LogP contribution >= 0.6 is 0 Å². The molecule has 1 N–H and O–H groups in total. The molecule has 4 nitrogen and oxygen atoms in total. The van der Waals surface area contributed by atoms with Gasteiger partial charge in [0.15, 0.2) is 0 Å². The smallest absolute Gasteiger partial charge is 0.224 e. The molecule has 0 heterocycles. The minimum atomic E-state index is -0.0297. The van der Waals surface area contributed by atoms with E-state index in [0.717, 1.165) is 28.2 Å². The minimum Gasteiger partial charge on any atom is -0.496 e. The molecule has 0 fully saturated rings. The Hall–Kier alpha value is -2.49. The summed E-state index contributed by atoms with van der Waals surface area (Å²) in [6.07, 6.45) is 0.305. The van der Waals surface area contributed by atoms with Gasteiger partial charge in [0, 0.05) is 12.1 Å². The van der Waals surface area contributed by atoms with E-state index in [1.54, 1.807) is 14.2 Å². The number of hydrogen-bond donors (Lipinski definition) is 1. The van der Waals surface area contributed by atoms with Crippen LogP contribution in [0.2, 0.25) is 0 Å². The van der Waals surface area contributed by atoms with E-state index in [0.29, 0.717) is 13.0 Å². The van der Waals surface area contributed by atoms with E-state index < -0.39 is 0 Å². The fourth-order valence-corrected chi connectivity index (χ4v) is 2.34. The molecular formula is C18H21NO3. The lowest BCUT2D eigenvalue weighted by molar-refractivity contribution is -0.120. The first-order valence-corrected chi connectivity index (χ1v) is 7.16. The first-order chi connectivity index (χ1) is 10.6. The maximum Gasteiger partial charge on any atom is 0.224 e. The third-order valence-corrected chi connectivity index (χ3v) is 3.49. The lowest BCUT2D eigenvalue weighted by atomic mass is 10.1. The number of carbonyl (C=O) groups excluding carboxylic acids is 1. The first kappa shape index (κ1) is 15.9. The number of para-hydroxylation sites is 1. The Kier molecular flexibility index (Phi) is 5.42. The highest BCUT2D eigenvalue weighted by Crippen LogP contribution is 2.19. The van der Waals surface area contributed by atoms with Crippen molar-refractivity contribution in [2.24, 2.45) is 0 Å². The summed E-state index contributed by atoms with van der Waals surface area (Å²) in [5.74, 6) is 1.56. The second-order valence-electron chi connectivity index (χ2n) is 5.07. The fraction of sp³-hybridized carbons (Fsp3) is 0.278. The summed E-state index contributed by atoms with van der Waals surface area (Å²) in [6.45, 7) is 2.48. The summed E-state index contributed by atoms with van der Waals surface area (Å²) >= 11 is 0. The molecule has 2 aromatic rings. The summed E-state index contributed by atoms with van der Waals surface area (Å²) in [5.41, 5.74) is 2.99. The van der Waals surface area contributed by atoms with Crippen molar-refractivity contribution in [3.63, 3.8) is 0 Å². The number of benzene rings is 2. The van der Waals surface area contributed by atoms with E-state index >= 15 is 0 Å². The number of carbonyl (C=O) groups is 1. The fourth-order valence-electron chi connectivity index (χ4n) is 2.34. The van der Waals surface area contributed by atoms with E-state index in [2.05, 4.69) is 5.32 Å². The molecule has 0 unspecified atom stereocenters. The number of nitrogens with one attached hydrogen (secondary N) is 1. The molecule has 0 saturated carbocycles. The summed E-state index contributed by atoms with van der Waals surface area (Å²) in [6, 6.07) is 13.4. The van der Waals surface area contributed by atoms with E-state index in [-0.39, 0.29) is 5.91 Å². The van der Waals surface area contributed by atoms with E-state index in [1.807, 2.05) is 49.4 Å². The molecule has 0 spiro atoms. The maximum atomic E-state index is 12.1. The van der Waals surface area contributed by atoms with Gasteiger partial charge in [0.25, 0.3) is 0 Å². The van der Waals surface area contributed by atoms with Crippen LogP contribution in [0.4, 0.5) is 0 Å². The average molecular weight is 299 g/mol. The van der Waals surface area contributed by atoms with Crippen molar-refractivity contribution in [3.05, 3.63) is 59.2 Å². The van der Waals surface area contributed by atoms with Crippen LogP contribution in [-0.2, 0) is 17.8 Å². The molecule has 0 saturated heterocycles. The molecule has 4 heteroatoms. The molecule has 2 rings (SSSR count). The van der Waals surface area contributed by atoms with Crippen LogP contribution in [-0.4, -0.2) is 20.1 Å². The standard InChI is InChI=1S/C18H21NO3/c1-13-10-14(8-9-16(13)21-2)12-19-18(20)11-15-6-4-5-7-17(15)22-3/h4-10H,11-12H2,1-3H3,(H,19,20). The number of aryl methyl sites for hydroxylation is 1. The Morgan fingerprint density at radius 2 is 1.77 bits per heavy atom. The number of rotatable bonds is 6. The second-order valence-corrected chi connectivity index (χ2v) is 5.07. The lowest BCUT2D eigenvalue weighted by Crippen LogP contribution is -2.24. The second kappa shape index (κ2) is 7.50. The van der Waals surface area contributed by atoms with Crippen molar-refractivity contribution in [1.29, 1.82) is 0 Å². The first-order valence-electron chi connectivity index (χ1n) is 7.16. The Bertz CT molecular complexity index is 653. The predicted octanol–water partition coefficient (Wildman–Crippen LogP) is 2.87. The molecule has 1 amide bonds. The Morgan fingerprint density at radius 3 is 2.45 bits per heavy atom. The van der Waals surface area contributed by atoms with Crippen molar-refractivity contribution >= 4 is 5.91 Å². The zero-order valence-electron chi connectivity index (χ0n) is 13.2. The molecule has 116 valence electrons. The summed E-state index contributed by atoms with van der Waals surface area (Å²) in [5, 5.41) is 2.93. The van der Waals surface area contributed by atoms with Gasteiger partial charge in [-0.15, -0.1) is 0 Å². The van der Waals surface area contributed by atoms with E-state index in [1.165, 1.54) is 0 Å². The topological polar surface area (TPSA) is 47.6 Å². The average Bonchev–Trinajstić information content (AvgIpc) is 2.53. The molecule has 0 atom stereocenters. The van der Waals surface area contributed by atoms with Crippen LogP contribution in [0.25, 0.3) is 0 Å². The van der Waals surface area contributed by atoms with Gasteiger partial charge < -0.3 is 14.8 Å². The summed E-state index contributed by atoms with van der Waals surface area (Å²) in [7, 11) is 3.26. The van der Waals surface area contributed by atoms with Crippen molar-refractivity contribution in [3.8, 4) is 11.5 Å². The molecule has 0 aliphatic heterocycles. The molecule has 0 aliphatic carbocycles. The molecule has 0 aliphatic rings. The highest BCUT2D eigenvalue weighted by molar-refractivity contribution is 5.79. The molecule has 2 aromatic carbocycles. The van der Waals surface area contributed by atoms with E-state index in [9.17, 15) is 4.79 Å². The molecule has 0 bridgehead atoms. The van der Waals surface area contributed by atoms with Gasteiger partial charge in [-0.25, -0.2) is 0 Å². The Labute approximate surface area is 131 Å². The van der Waals surface area contributed by atoms with Crippen molar-refractivity contribution in [1.82, 2.24) is 5.32 Å². The van der Waals surface area contributed by atoms with Gasteiger partial charge in [-0.05, 0) is 30.2 Å². The van der Waals surface area contributed by atoms with Gasteiger partial charge in [0.05, 0.1) is 20.6 Å². The normalized spacial score (nSPS) is 10.1. The van der Waals surface area contributed by atoms with Crippen LogP contribution in [0.3, 0.4) is 0 Å². The van der Waals surface area contributed by atoms with Crippen molar-refractivity contribution in [2.75, 3.05) is 14.2 Å². The highest BCUT2D eigenvalue weighted by atomic mass is 16.5. The molecule has 22 heavy (non-hydrogen) atoms. The van der Waals surface area contributed by atoms with E-state index in [4.69, 9.17) is 9.47 Å². The van der Waals surface area contributed by atoms with Gasteiger partial charge in [0.2, 0.25) is 5.91 Å². The van der Waals surface area contributed by atoms with Crippen LogP contribution < -0.4 is 14.8 Å². The largest absolute Gasteiger partial charge is 0.496 e. The number of amides is 1. The van der Waals surface area contributed by atoms with Gasteiger partial charge >= 0.3 is 0 Å². The zero-order chi connectivity index (χ0) is 15.9. The van der Waals surface area contributed by atoms with Crippen LogP contribution in [0.1, 0.15) is 16.7 Å². The van der Waals surface area contributed by atoms with Crippen molar-refractivity contribution < 1.29 is 14.3 Å². The number of methoxy groups -OCH3 is 2. The summed E-state index contributed by atoms with van der Waals surface area (Å²) in [4.78, 5) is 12.1. The SMILES string of the molecule is COc1ccc(CNC(=O)Cc2ccccc2OC)cc1C.